The molecule has 0 saturated carbocycles. The predicted octanol–water partition coefficient (Wildman–Crippen LogP) is 1.87. The van der Waals surface area contributed by atoms with Gasteiger partial charge in [-0.2, -0.15) is 0 Å². The second-order valence-electron chi connectivity index (χ2n) is 6.85. The van der Waals surface area contributed by atoms with Crippen LogP contribution in [0.2, 0.25) is 0 Å². The Balaban J connectivity index is 1.41. The van der Waals surface area contributed by atoms with E-state index in [-0.39, 0.29) is 17.9 Å². The smallest absolute Gasteiger partial charge is 0.224 e. The molecule has 1 N–H and O–H groups in total. The van der Waals surface area contributed by atoms with Crippen LogP contribution in [0.15, 0.2) is 33.4 Å². The van der Waals surface area contributed by atoms with E-state index in [9.17, 15) is 4.79 Å². The first kappa shape index (κ1) is 16.4. The Morgan fingerprint density at radius 1 is 1.48 bits per heavy atom. The summed E-state index contributed by atoms with van der Waals surface area (Å²) in [6.07, 6.45) is 3.49. The number of hydrogen-bond acceptors (Lipinski definition) is 6. The van der Waals surface area contributed by atoms with Gasteiger partial charge in [0.2, 0.25) is 5.91 Å². The highest BCUT2D eigenvalue weighted by Gasteiger charge is 2.42. The molecule has 0 spiro atoms. The first-order valence-corrected chi connectivity index (χ1v) is 8.77. The summed E-state index contributed by atoms with van der Waals surface area (Å²) in [5, 5.41) is 7.07. The van der Waals surface area contributed by atoms with E-state index in [2.05, 4.69) is 15.4 Å². The number of aromatic nitrogens is 1. The number of nitrogens with one attached hydrogen (secondary N) is 1. The van der Waals surface area contributed by atoms with Gasteiger partial charge in [0.15, 0.2) is 0 Å². The van der Waals surface area contributed by atoms with Crippen LogP contribution >= 0.6 is 0 Å². The molecule has 2 aromatic heterocycles. The molecule has 134 valence electrons. The van der Waals surface area contributed by atoms with Crippen LogP contribution in [0.5, 0.6) is 0 Å². The number of aryl methyl sites for hydroxylation is 1. The highest BCUT2D eigenvalue weighted by atomic mass is 16.5. The second-order valence-corrected chi connectivity index (χ2v) is 6.85. The summed E-state index contributed by atoms with van der Waals surface area (Å²) in [7, 11) is 0. The van der Waals surface area contributed by atoms with Crippen LogP contribution in [0.3, 0.4) is 0 Å². The highest BCUT2D eigenvalue weighted by Crippen LogP contribution is 2.32. The molecule has 4 rings (SSSR count). The van der Waals surface area contributed by atoms with Crippen molar-refractivity contribution < 1.29 is 18.5 Å². The number of nitrogens with zero attached hydrogens (tertiary/aromatic N) is 2. The van der Waals surface area contributed by atoms with Crippen LogP contribution in [0.1, 0.15) is 30.1 Å². The maximum Gasteiger partial charge on any atom is 0.224 e. The summed E-state index contributed by atoms with van der Waals surface area (Å²) >= 11 is 0. The summed E-state index contributed by atoms with van der Waals surface area (Å²) < 4.78 is 16.3. The molecule has 25 heavy (non-hydrogen) atoms. The Kier molecular flexibility index (Phi) is 4.59. The molecule has 0 unspecified atom stereocenters. The molecule has 0 bridgehead atoms. The van der Waals surface area contributed by atoms with E-state index in [0.29, 0.717) is 25.7 Å². The third-order valence-corrected chi connectivity index (χ3v) is 5.05. The lowest BCUT2D eigenvalue weighted by molar-refractivity contribution is -0.130. The average molecular weight is 345 g/mol. The van der Waals surface area contributed by atoms with Crippen LogP contribution in [0, 0.1) is 12.8 Å². The van der Waals surface area contributed by atoms with Gasteiger partial charge in [-0.05, 0) is 31.9 Å². The van der Waals surface area contributed by atoms with E-state index in [0.717, 1.165) is 36.7 Å². The van der Waals surface area contributed by atoms with E-state index in [1.807, 2.05) is 25.1 Å². The summed E-state index contributed by atoms with van der Waals surface area (Å²) in [4.78, 5) is 14.9. The molecule has 0 radical (unpaired) electrons. The van der Waals surface area contributed by atoms with Crippen molar-refractivity contribution >= 4 is 5.91 Å². The number of ether oxygens (including phenoxy) is 1. The van der Waals surface area contributed by atoms with Crippen molar-refractivity contribution in [1.29, 1.82) is 0 Å². The van der Waals surface area contributed by atoms with Crippen LogP contribution in [-0.2, 0) is 22.6 Å². The quantitative estimate of drug-likeness (QED) is 0.891. The van der Waals surface area contributed by atoms with E-state index >= 15 is 0 Å². The summed E-state index contributed by atoms with van der Waals surface area (Å²) in [5.74, 6) is 1.52. The van der Waals surface area contributed by atoms with Crippen molar-refractivity contribution in [2.24, 2.45) is 5.92 Å². The molecule has 2 fully saturated rings. The molecule has 2 aliphatic heterocycles. The maximum absolute atomic E-state index is 12.6. The van der Waals surface area contributed by atoms with Crippen LogP contribution in [0.4, 0.5) is 0 Å². The number of likely N-dealkylation sites (tertiary alicyclic amines) is 1. The lowest BCUT2D eigenvalue weighted by Crippen LogP contribution is -2.52. The monoisotopic (exact) mass is 345 g/mol. The van der Waals surface area contributed by atoms with Gasteiger partial charge in [-0.15, -0.1) is 0 Å². The van der Waals surface area contributed by atoms with Crippen molar-refractivity contribution in [3.8, 4) is 0 Å². The van der Waals surface area contributed by atoms with E-state index in [1.54, 1.807) is 6.26 Å². The molecule has 3 atom stereocenters. The van der Waals surface area contributed by atoms with Crippen molar-refractivity contribution in [3.05, 3.63) is 41.7 Å². The Bertz CT molecular complexity index is 712. The Morgan fingerprint density at radius 2 is 2.40 bits per heavy atom. The number of furan rings is 1. The molecule has 2 aliphatic rings. The molecular formula is C18H23N3O4. The molecule has 7 nitrogen and oxygen atoms in total. The lowest BCUT2D eigenvalue weighted by Gasteiger charge is -2.39. The summed E-state index contributed by atoms with van der Waals surface area (Å²) in [6, 6.07) is 5.98. The first-order valence-electron chi connectivity index (χ1n) is 8.77. The van der Waals surface area contributed by atoms with Gasteiger partial charge in [-0.3, -0.25) is 9.69 Å². The van der Waals surface area contributed by atoms with Crippen molar-refractivity contribution in [3.63, 3.8) is 0 Å². The van der Waals surface area contributed by atoms with Gasteiger partial charge >= 0.3 is 0 Å². The zero-order valence-corrected chi connectivity index (χ0v) is 14.3. The number of rotatable bonds is 5. The van der Waals surface area contributed by atoms with Gasteiger partial charge in [0.25, 0.3) is 0 Å². The third-order valence-electron chi connectivity index (χ3n) is 5.05. The first-order chi connectivity index (χ1) is 12.2. The minimum atomic E-state index is -0.0951. The van der Waals surface area contributed by atoms with Gasteiger partial charge in [0.1, 0.15) is 11.5 Å². The Morgan fingerprint density at radius 3 is 3.16 bits per heavy atom. The predicted molar refractivity (Wildman–Crippen MR) is 88.5 cm³/mol. The number of hydrogen-bond donors (Lipinski definition) is 1. The maximum atomic E-state index is 12.6. The summed E-state index contributed by atoms with van der Waals surface area (Å²) in [6.45, 7) is 4.45. The Labute approximate surface area is 146 Å². The van der Waals surface area contributed by atoms with E-state index < -0.39 is 0 Å². The number of fused-ring (bicyclic) bond motifs is 1. The fourth-order valence-corrected chi connectivity index (χ4v) is 3.86. The van der Waals surface area contributed by atoms with Crippen molar-refractivity contribution in [2.45, 2.75) is 45.0 Å². The van der Waals surface area contributed by atoms with Crippen LogP contribution in [0.25, 0.3) is 0 Å². The van der Waals surface area contributed by atoms with Gasteiger partial charge in [0.05, 0.1) is 30.5 Å². The topological polar surface area (TPSA) is 80.7 Å². The fourth-order valence-electron chi connectivity index (χ4n) is 3.86. The number of carbonyl (C=O) groups is 1. The van der Waals surface area contributed by atoms with Crippen LogP contribution < -0.4 is 5.32 Å². The average Bonchev–Trinajstić information content (AvgIpc) is 3.34. The number of carbonyl (C=O) groups excluding carboxylic acids is 1. The van der Waals surface area contributed by atoms with Gasteiger partial charge in [0, 0.05) is 31.8 Å². The second kappa shape index (κ2) is 7.01. The zero-order chi connectivity index (χ0) is 17.2. The fraction of sp³-hybridized carbons (Fsp3) is 0.556. The molecule has 2 aromatic rings. The lowest BCUT2D eigenvalue weighted by atomic mass is 9.89. The molecule has 1 amide bonds. The van der Waals surface area contributed by atoms with Crippen molar-refractivity contribution in [1.82, 2.24) is 15.4 Å². The number of piperidine rings is 1. The molecular weight excluding hydrogens is 322 g/mol. The summed E-state index contributed by atoms with van der Waals surface area (Å²) in [5.41, 5.74) is 0.903. The minimum absolute atomic E-state index is 0.0479. The molecule has 0 aromatic carbocycles. The largest absolute Gasteiger partial charge is 0.467 e. The van der Waals surface area contributed by atoms with Crippen molar-refractivity contribution in [2.75, 3.05) is 13.2 Å². The van der Waals surface area contributed by atoms with Gasteiger partial charge in [-0.25, -0.2) is 0 Å². The van der Waals surface area contributed by atoms with E-state index in [4.69, 9.17) is 13.7 Å². The Hall–Kier alpha value is -2.12. The standard InChI is InChI=1S/C18H23N3O4/c1-12-7-14(20-25-12)11-21-10-13(8-17-16(21)4-6-24-17)18(22)19-9-15-3-2-5-23-15/h2-3,5,7,13,16-17H,4,6,8-11H2,1H3,(H,19,22)/t13-,16+,17+/m0/s1. The molecule has 0 aliphatic carbocycles. The highest BCUT2D eigenvalue weighted by molar-refractivity contribution is 5.79. The normalized spacial score (nSPS) is 26.5. The van der Waals surface area contributed by atoms with Gasteiger partial charge in [-0.1, -0.05) is 5.16 Å². The molecule has 7 heteroatoms. The molecule has 4 heterocycles. The minimum Gasteiger partial charge on any atom is -0.467 e. The SMILES string of the molecule is Cc1cc(CN2C[C@@H](C(=O)NCc3ccco3)C[C@H]3OCC[C@H]32)no1. The zero-order valence-electron chi connectivity index (χ0n) is 14.3. The number of amides is 1. The van der Waals surface area contributed by atoms with Crippen LogP contribution in [-0.4, -0.2) is 41.3 Å². The third kappa shape index (κ3) is 3.62. The van der Waals surface area contributed by atoms with E-state index in [1.165, 1.54) is 0 Å². The van der Waals surface area contributed by atoms with Gasteiger partial charge < -0.3 is 19.0 Å². The molecule has 2 saturated heterocycles.